The van der Waals surface area contributed by atoms with E-state index in [4.69, 9.17) is 4.74 Å². The summed E-state index contributed by atoms with van der Waals surface area (Å²) in [6.45, 7) is 5.99. The first-order valence-corrected chi connectivity index (χ1v) is 9.07. The summed E-state index contributed by atoms with van der Waals surface area (Å²) < 4.78 is 5.02. The van der Waals surface area contributed by atoms with Gasteiger partial charge in [0.1, 0.15) is 0 Å². The molecule has 0 spiro atoms. The molecular weight excluding hydrogens is 342 g/mol. The standard InChI is InChI=1S/C21H25N3O3/c1-21(2,17-7-5-4-6-8-17)20(26)24-13-11-23(12-14-24)19(25)16-9-10-18(27-3)22-15-16/h4-10,15H,11-14H2,1-3H3. The van der Waals surface area contributed by atoms with E-state index in [2.05, 4.69) is 4.98 Å². The van der Waals surface area contributed by atoms with E-state index in [1.807, 2.05) is 49.1 Å². The smallest absolute Gasteiger partial charge is 0.255 e. The number of carbonyl (C=O) groups is 2. The van der Waals surface area contributed by atoms with Gasteiger partial charge in [-0.2, -0.15) is 0 Å². The van der Waals surface area contributed by atoms with Crippen molar-refractivity contribution in [2.45, 2.75) is 19.3 Å². The maximum atomic E-state index is 13.0. The van der Waals surface area contributed by atoms with Crippen LogP contribution >= 0.6 is 0 Å². The van der Waals surface area contributed by atoms with Gasteiger partial charge in [0.25, 0.3) is 5.91 Å². The van der Waals surface area contributed by atoms with E-state index >= 15 is 0 Å². The maximum Gasteiger partial charge on any atom is 0.255 e. The summed E-state index contributed by atoms with van der Waals surface area (Å²) in [5.41, 5.74) is 0.936. The number of hydrogen-bond acceptors (Lipinski definition) is 4. The van der Waals surface area contributed by atoms with Crippen LogP contribution in [0.15, 0.2) is 48.7 Å². The SMILES string of the molecule is COc1ccc(C(=O)N2CCN(C(=O)C(C)(C)c3ccccc3)CC2)cn1. The fourth-order valence-electron chi connectivity index (χ4n) is 3.30. The quantitative estimate of drug-likeness (QED) is 0.832. The minimum absolute atomic E-state index is 0.0698. The fourth-order valence-corrected chi connectivity index (χ4v) is 3.30. The van der Waals surface area contributed by atoms with Gasteiger partial charge in [-0.25, -0.2) is 4.98 Å². The van der Waals surface area contributed by atoms with Gasteiger partial charge in [0.2, 0.25) is 11.8 Å². The Morgan fingerprint density at radius 2 is 1.59 bits per heavy atom. The van der Waals surface area contributed by atoms with Crippen LogP contribution in [0.2, 0.25) is 0 Å². The third-order valence-corrected chi connectivity index (χ3v) is 5.08. The van der Waals surface area contributed by atoms with Crippen LogP contribution in [0, 0.1) is 0 Å². The molecule has 0 saturated carbocycles. The molecule has 1 fully saturated rings. The van der Waals surface area contributed by atoms with E-state index < -0.39 is 5.41 Å². The van der Waals surface area contributed by atoms with Crippen LogP contribution in [-0.2, 0) is 10.2 Å². The fraction of sp³-hybridized carbons (Fsp3) is 0.381. The molecule has 0 radical (unpaired) electrons. The molecule has 2 aromatic rings. The lowest BCUT2D eigenvalue weighted by Gasteiger charge is -2.38. The molecule has 1 aromatic carbocycles. The normalized spacial score (nSPS) is 14.8. The van der Waals surface area contributed by atoms with Gasteiger partial charge in [-0.15, -0.1) is 0 Å². The molecule has 2 amide bonds. The highest BCUT2D eigenvalue weighted by Crippen LogP contribution is 2.26. The highest BCUT2D eigenvalue weighted by Gasteiger charge is 2.35. The molecular formula is C21H25N3O3. The van der Waals surface area contributed by atoms with Crippen LogP contribution in [-0.4, -0.2) is 59.9 Å². The van der Waals surface area contributed by atoms with Gasteiger partial charge >= 0.3 is 0 Å². The Kier molecular flexibility index (Phi) is 5.44. The van der Waals surface area contributed by atoms with E-state index in [9.17, 15) is 9.59 Å². The molecule has 1 aliphatic rings. The van der Waals surface area contributed by atoms with Crippen molar-refractivity contribution in [3.63, 3.8) is 0 Å². The summed E-state index contributed by atoms with van der Waals surface area (Å²) in [5.74, 6) is 0.497. The number of nitrogens with zero attached hydrogens (tertiary/aromatic N) is 3. The zero-order chi connectivity index (χ0) is 19.4. The number of rotatable bonds is 4. The summed E-state index contributed by atoms with van der Waals surface area (Å²) in [7, 11) is 1.54. The molecule has 6 nitrogen and oxygen atoms in total. The highest BCUT2D eigenvalue weighted by molar-refractivity contribution is 5.94. The first kappa shape index (κ1) is 18.9. The van der Waals surface area contributed by atoms with E-state index in [1.165, 1.54) is 13.3 Å². The monoisotopic (exact) mass is 367 g/mol. The number of carbonyl (C=O) groups excluding carboxylic acids is 2. The summed E-state index contributed by atoms with van der Waals surface area (Å²) >= 11 is 0. The molecule has 0 aliphatic carbocycles. The number of pyridine rings is 1. The third kappa shape index (κ3) is 3.94. The van der Waals surface area contributed by atoms with Crippen LogP contribution in [0.3, 0.4) is 0 Å². The minimum atomic E-state index is -0.590. The summed E-state index contributed by atoms with van der Waals surface area (Å²) in [4.78, 5) is 33.4. The number of aromatic nitrogens is 1. The number of piperazine rings is 1. The zero-order valence-corrected chi connectivity index (χ0v) is 16.0. The molecule has 27 heavy (non-hydrogen) atoms. The summed E-state index contributed by atoms with van der Waals surface area (Å²) in [6.07, 6.45) is 1.53. The van der Waals surface area contributed by atoms with Crippen LogP contribution < -0.4 is 4.74 Å². The predicted molar refractivity (Wildman–Crippen MR) is 103 cm³/mol. The Hall–Kier alpha value is -2.89. The second-order valence-electron chi connectivity index (χ2n) is 7.16. The van der Waals surface area contributed by atoms with Crippen LogP contribution in [0.25, 0.3) is 0 Å². The molecule has 0 bridgehead atoms. The predicted octanol–water partition coefficient (Wildman–Crippen LogP) is 2.35. The second-order valence-corrected chi connectivity index (χ2v) is 7.16. The van der Waals surface area contributed by atoms with Crippen LogP contribution in [0.1, 0.15) is 29.8 Å². The van der Waals surface area contributed by atoms with Gasteiger partial charge in [-0.3, -0.25) is 9.59 Å². The average Bonchev–Trinajstić information content (AvgIpc) is 2.73. The van der Waals surface area contributed by atoms with Crippen LogP contribution in [0.4, 0.5) is 0 Å². The first-order valence-electron chi connectivity index (χ1n) is 9.07. The van der Waals surface area contributed by atoms with E-state index in [1.54, 1.807) is 17.0 Å². The Morgan fingerprint density at radius 1 is 0.963 bits per heavy atom. The van der Waals surface area contributed by atoms with Crippen molar-refractivity contribution in [2.24, 2.45) is 0 Å². The first-order chi connectivity index (χ1) is 12.9. The van der Waals surface area contributed by atoms with Crippen molar-refractivity contribution >= 4 is 11.8 Å². The van der Waals surface area contributed by atoms with Crippen LogP contribution in [0.5, 0.6) is 5.88 Å². The van der Waals surface area contributed by atoms with Gasteiger partial charge in [-0.05, 0) is 25.5 Å². The largest absolute Gasteiger partial charge is 0.481 e. The molecule has 1 saturated heterocycles. The van der Waals surface area contributed by atoms with Crippen molar-refractivity contribution in [1.29, 1.82) is 0 Å². The second kappa shape index (κ2) is 7.78. The van der Waals surface area contributed by atoms with Gasteiger partial charge in [0.15, 0.2) is 0 Å². The lowest BCUT2D eigenvalue weighted by atomic mass is 9.83. The number of hydrogen-bond donors (Lipinski definition) is 0. The minimum Gasteiger partial charge on any atom is -0.481 e. The lowest BCUT2D eigenvalue weighted by molar-refractivity contribution is -0.137. The van der Waals surface area contributed by atoms with E-state index in [0.717, 1.165) is 5.56 Å². The Balaban J connectivity index is 1.62. The Labute approximate surface area is 159 Å². The number of methoxy groups -OCH3 is 1. The highest BCUT2D eigenvalue weighted by atomic mass is 16.5. The summed E-state index contributed by atoms with van der Waals surface area (Å²) in [6, 6.07) is 13.2. The van der Waals surface area contributed by atoms with Crippen molar-refractivity contribution in [3.8, 4) is 5.88 Å². The van der Waals surface area contributed by atoms with Crippen molar-refractivity contribution < 1.29 is 14.3 Å². The lowest BCUT2D eigenvalue weighted by Crippen LogP contribution is -2.54. The average molecular weight is 367 g/mol. The molecule has 2 heterocycles. The topological polar surface area (TPSA) is 62.7 Å². The molecule has 1 aromatic heterocycles. The van der Waals surface area contributed by atoms with Crippen molar-refractivity contribution in [2.75, 3.05) is 33.3 Å². The van der Waals surface area contributed by atoms with Gasteiger partial charge in [0, 0.05) is 38.4 Å². The number of ether oxygens (including phenoxy) is 1. The Bertz CT molecular complexity index is 795. The zero-order valence-electron chi connectivity index (χ0n) is 16.0. The maximum absolute atomic E-state index is 13.0. The molecule has 1 aliphatic heterocycles. The molecule has 3 rings (SSSR count). The number of amides is 2. The molecule has 0 unspecified atom stereocenters. The van der Waals surface area contributed by atoms with Gasteiger partial charge < -0.3 is 14.5 Å². The third-order valence-electron chi connectivity index (χ3n) is 5.08. The number of benzene rings is 1. The van der Waals surface area contributed by atoms with Crippen molar-refractivity contribution in [3.05, 3.63) is 59.8 Å². The van der Waals surface area contributed by atoms with Crippen molar-refractivity contribution in [1.82, 2.24) is 14.8 Å². The molecule has 0 atom stereocenters. The molecule has 142 valence electrons. The van der Waals surface area contributed by atoms with E-state index in [0.29, 0.717) is 37.6 Å². The molecule has 0 N–H and O–H groups in total. The molecule has 6 heteroatoms. The summed E-state index contributed by atoms with van der Waals surface area (Å²) in [5, 5.41) is 0. The van der Waals surface area contributed by atoms with Gasteiger partial charge in [-0.1, -0.05) is 30.3 Å². The Morgan fingerprint density at radius 3 is 2.15 bits per heavy atom. The van der Waals surface area contributed by atoms with Gasteiger partial charge in [0.05, 0.1) is 18.1 Å². The van der Waals surface area contributed by atoms with E-state index in [-0.39, 0.29) is 11.8 Å².